The van der Waals surface area contributed by atoms with Gasteiger partial charge in [-0.1, -0.05) is 17.7 Å². The van der Waals surface area contributed by atoms with Crippen molar-refractivity contribution in [1.82, 2.24) is 4.98 Å². The molecule has 0 N–H and O–H groups in total. The minimum atomic E-state index is 0.546. The lowest BCUT2D eigenvalue weighted by atomic mass is 10.0. The molecule has 0 bridgehead atoms. The van der Waals surface area contributed by atoms with Crippen LogP contribution in [0.25, 0.3) is 10.6 Å². The van der Waals surface area contributed by atoms with Gasteiger partial charge in [-0.15, -0.1) is 11.3 Å². The molecule has 3 heteroatoms. The molecule has 0 saturated carbocycles. The van der Waals surface area contributed by atoms with Gasteiger partial charge in [0.25, 0.3) is 0 Å². The van der Waals surface area contributed by atoms with E-state index < -0.39 is 0 Å². The number of aromatic nitrogens is 1. The van der Waals surface area contributed by atoms with Gasteiger partial charge in [0.05, 0.1) is 0 Å². The fourth-order valence-corrected chi connectivity index (χ4v) is 3.16. The maximum Gasteiger partial charge on any atom is 0.155 e. The van der Waals surface area contributed by atoms with Crippen LogP contribution in [-0.4, -0.2) is 4.98 Å². The standard InChI is InChI=1S/C14H14N2S/c1-8-5-9(2)13(10(3)6-8)14-16-12(7-15)11(4)17-14/h5-6H,1-4H3. The van der Waals surface area contributed by atoms with Crippen LogP contribution >= 0.6 is 11.3 Å². The summed E-state index contributed by atoms with van der Waals surface area (Å²) in [6.07, 6.45) is 0. The van der Waals surface area contributed by atoms with Crippen LogP contribution in [-0.2, 0) is 0 Å². The Morgan fingerprint density at radius 2 is 1.71 bits per heavy atom. The van der Waals surface area contributed by atoms with Gasteiger partial charge in [0, 0.05) is 10.4 Å². The zero-order valence-corrected chi connectivity index (χ0v) is 11.3. The van der Waals surface area contributed by atoms with Crippen molar-refractivity contribution in [3.63, 3.8) is 0 Å². The molecule has 0 aliphatic rings. The highest BCUT2D eigenvalue weighted by molar-refractivity contribution is 7.15. The molecular weight excluding hydrogens is 228 g/mol. The number of benzene rings is 1. The Morgan fingerprint density at radius 3 is 2.18 bits per heavy atom. The lowest BCUT2D eigenvalue weighted by Crippen LogP contribution is -1.89. The highest BCUT2D eigenvalue weighted by Crippen LogP contribution is 2.32. The van der Waals surface area contributed by atoms with Crippen molar-refractivity contribution in [1.29, 1.82) is 5.26 Å². The van der Waals surface area contributed by atoms with Gasteiger partial charge in [0.2, 0.25) is 0 Å². The summed E-state index contributed by atoms with van der Waals surface area (Å²) in [6, 6.07) is 6.45. The highest BCUT2D eigenvalue weighted by Gasteiger charge is 2.13. The summed E-state index contributed by atoms with van der Waals surface area (Å²) in [5.41, 5.74) is 5.42. The number of hydrogen-bond acceptors (Lipinski definition) is 3. The van der Waals surface area contributed by atoms with Crippen molar-refractivity contribution in [3.05, 3.63) is 39.4 Å². The van der Waals surface area contributed by atoms with Gasteiger partial charge in [-0.25, -0.2) is 4.98 Å². The first-order valence-corrected chi connectivity index (χ1v) is 6.30. The first-order valence-electron chi connectivity index (χ1n) is 5.48. The Hall–Kier alpha value is -1.66. The molecule has 0 unspecified atom stereocenters. The van der Waals surface area contributed by atoms with Gasteiger partial charge < -0.3 is 0 Å². The molecule has 0 radical (unpaired) electrons. The van der Waals surface area contributed by atoms with Crippen molar-refractivity contribution < 1.29 is 0 Å². The number of nitrogens with zero attached hydrogens (tertiary/aromatic N) is 2. The van der Waals surface area contributed by atoms with Gasteiger partial charge in [-0.3, -0.25) is 0 Å². The first-order chi connectivity index (χ1) is 8.02. The van der Waals surface area contributed by atoms with Gasteiger partial charge in [0.15, 0.2) is 5.69 Å². The molecule has 2 nitrogen and oxygen atoms in total. The van der Waals surface area contributed by atoms with Crippen LogP contribution in [0.1, 0.15) is 27.3 Å². The van der Waals surface area contributed by atoms with Crippen molar-refractivity contribution in [2.45, 2.75) is 27.7 Å². The summed E-state index contributed by atoms with van der Waals surface area (Å²) in [4.78, 5) is 5.40. The van der Waals surface area contributed by atoms with Gasteiger partial charge in [-0.05, 0) is 38.8 Å². The van der Waals surface area contributed by atoms with E-state index in [1.165, 1.54) is 22.3 Å². The van der Waals surface area contributed by atoms with Crippen LogP contribution in [0.15, 0.2) is 12.1 Å². The fraction of sp³-hybridized carbons (Fsp3) is 0.286. The number of aryl methyl sites for hydroxylation is 4. The summed E-state index contributed by atoms with van der Waals surface area (Å²) >= 11 is 1.59. The van der Waals surface area contributed by atoms with Crippen molar-refractivity contribution >= 4 is 11.3 Å². The molecule has 0 amide bonds. The Balaban J connectivity index is 2.65. The molecule has 86 valence electrons. The van der Waals surface area contributed by atoms with E-state index in [9.17, 15) is 0 Å². The van der Waals surface area contributed by atoms with Crippen LogP contribution in [0.4, 0.5) is 0 Å². The second-order valence-corrected chi connectivity index (χ2v) is 5.51. The van der Waals surface area contributed by atoms with Gasteiger partial charge >= 0.3 is 0 Å². The summed E-state index contributed by atoms with van der Waals surface area (Å²) in [5, 5.41) is 9.91. The Bertz CT molecular complexity index is 595. The number of hydrogen-bond donors (Lipinski definition) is 0. The molecule has 17 heavy (non-hydrogen) atoms. The Kier molecular flexibility index (Phi) is 2.99. The molecule has 0 atom stereocenters. The minimum Gasteiger partial charge on any atom is -0.225 e. The summed E-state index contributed by atoms with van der Waals surface area (Å²) in [7, 11) is 0. The quantitative estimate of drug-likeness (QED) is 0.760. The highest BCUT2D eigenvalue weighted by atomic mass is 32.1. The van der Waals surface area contributed by atoms with E-state index in [1.54, 1.807) is 11.3 Å². The monoisotopic (exact) mass is 242 g/mol. The zero-order valence-electron chi connectivity index (χ0n) is 10.5. The van der Waals surface area contributed by atoms with E-state index in [-0.39, 0.29) is 0 Å². The molecule has 1 heterocycles. The van der Waals surface area contributed by atoms with E-state index in [4.69, 9.17) is 5.26 Å². The molecule has 2 rings (SSSR count). The van der Waals surface area contributed by atoms with E-state index in [1.807, 2.05) is 6.92 Å². The van der Waals surface area contributed by atoms with E-state index in [0.717, 1.165) is 9.88 Å². The third kappa shape index (κ3) is 2.09. The third-order valence-corrected chi connectivity index (χ3v) is 3.78. The van der Waals surface area contributed by atoms with Crippen LogP contribution in [0.2, 0.25) is 0 Å². The lowest BCUT2D eigenvalue weighted by Gasteiger charge is -2.08. The average molecular weight is 242 g/mol. The van der Waals surface area contributed by atoms with Crippen LogP contribution in [0.3, 0.4) is 0 Å². The summed E-state index contributed by atoms with van der Waals surface area (Å²) < 4.78 is 0. The molecular formula is C14H14N2S. The molecule has 2 aromatic rings. The topological polar surface area (TPSA) is 36.7 Å². The van der Waals surface area contributed by atoms with Gasteiger partial charge in [-0.2, -0.15) is 5.26 Å². The van der Waals surface area contributed by atoms with Crippen LogP contribution < -0.4 is 0 Å². The Labute approximate surface area is 106 Å². The van der Waals surface area contributed by atoms with Crippen molar-refractivity contribution in [3.8, 4) is 16.6 Å². The van der Waals surface area contributed by atoms with E-state index >= 15 is 0 Å². The van der Waals surface area contributed by atoms with E-state index in [0.29, 0.717) is 5.69 Å². The van der Waals surface area contributed by atoms with Crippen molar-refractivity contribution in [2.24, 2.45) is 0 Å². The molecule has 0 spiro atoms. The zero-order chi connectivity index (χ0) is 12.6. The second kappa shape index (κ2) is 4.31. The summed E-state index contributed by atoms with van der Waals surface area (Å²) in [6.45, 7) is 8.23. The predicted molar refractivity (Wildman–Crippen MR) is 71.2 cm³/mol. The van der Waals surface area contributed by atoms with E-state index in [2.05, 4.69) is 44.0 Å². The summed E-state index contributed by atoms with van der Waals surface area (Å²) in [5.74, 6) is 0. The Morgan fingerprint density at radius 1 is 1.12 bits per heavy atom. The van der Waals surface area contributed by atoms with Gasteiger partial charge in [0.1, 0.15) is 11.1 Å². The molecule has 0 fully saturated rings. The molecule has 1 aromatic carbocycles. The molecule has 0 aliphatic carbocycles. The smallest absolute Gasteiger partial charge is 0.155 e. The van der Waals surface area contributed by atoms with Crippen molar-refractivity contribution in [2.75, 3.05) is 0 Å². The maximum atomic E-state index is 8.96. The fourth-order valence-electron chi connectivity index (χ4n) is 2.12. The third-order valence-electron chi connectivity index (χ3n) is 2.79. The SMILES string of the molecule is Cc1cc(C)c(-c2nc(C#N)c(C)s2)c(C)c1. The molecule has 0 saturated heterocycles. The molecule has 1 aromatic heterocycles. The number of nitriles is 1. The largest absolute Gasteiger partial charge is 0.225 e. The molecule has 0 aliphatic heterocycles. The van der Waals surface area contributed by atoms with Crippen LogP contribution in [0, 0.1) is 39.0 Å². The predicted octanol–water partition coefficient (Wildman–Crippen LogP) is 3.92. The number of thiazole rings is 1. The average Bonchev–Trinajstić information content (AvgIpc) is 2.57. The first kappa shape index (κ1) is 11.8. The lowest BCUT2D eigenvalue weighted by molar-refractivity contribution is 1.27. The number of rotatable bonds is 1. The minimum absolute atomic E-state index is 0.546. The van der Waals surface area contributed by atoms with Crippen LogP contribution in [0.5, 0.6) is 0 Å². The maximum absolute atomic E-state index is 8.96. The second-order valence-electron chi connectivity index (χ2n) is 4.31. The normalized spacial score (nSPS) is 10.3.